The maximum atomic E-state index is 11.6. The zero-order valence-corrected chi connectivity index (χ0v) is 9.81. The molecule has 1 heterocycles. The van der Waals surface area contributed by atoms with Gasteiger partial charge in [-0.05, 0) is 6.92 Å². The van der Waals surface area contributed by atoms with Gasteiger partial charge in [0.15, 0.2) is 0 Å². The number of piperazine rings is 1. The highest BCUT2D eigenvalue weighted by Crippen LogP contribution is 2.03. The van der Waals surface area contributed by atoms with Gasteiger partial charge in [0.25, 0.3) is 0 Å². The number of hydrogen-bond donors (Lipinski definition) is 1. The average molecular weight is 229 g/mol. The molecule has 0 aromatic carbocycles. The molecule has 1 aliphatic heterocycles. The van der Waals surface area contributed by atoms with E-state index in [0.29, 0.717) is 26.2 Å². The Morgan fingerprint density at radius 3 is 2.19 bits per heavy atom. The normalized spacial score (nSPS) is 18.4. The van der Waals surface area contributed by atoms with Crippen molar-refractivity contribution in [2.24, 2.45) is 5.73 Å². The van der Waals surface area contributed by atoms with Crippen LogP contribution in [0.3, 0.4) is 0 Å². The zero-order valence-electron chi connectivity index (χ0n) is 9.81. The summed E-state index contributed by atoms with van der Waals surface area (Å²) < 4.78 is 4.78. The molecule has 0 bridgehead atoms. The lowest BCUT2D eigenvalue weighted by Crippen LogP contribution is -2.54. The number of nitrogens with two attached hydrogens (primary N) is 1. The van der Waals surface area contributed by atoms with E-state index in [9.17, 15) is 9.59 Å². The van der Waals surface area contributed by atoms with Crippen molar-refractivity contribution in [2.45, 2.75) is 13.0 Å². The van der Waals surface area contributed by atoms with Crippen LogP contribution in [0.2, 0.25) is 0 Å². The minimum Gasteiger partial charge on any atom is -0.375 e. The summed E-state index contributed by atoms with van der Waals surface area (Å²) in [5.74, 6) is -0.0887. The smallest absolute Gasteiger partial charge is 0.248 e. The number of nitrogens with zero attached hydrogens (tertiary/aromatic N) is 2. The minimum atomic E-state index is -0.471. The van der Waals surface area contributed by atoms with Gasteiger partial charge in [-0.25, -0.2) is 0 Å². The highest BCUT2D eigenvalue weighted by molar-refractivity contribution is 5.82. The van der Waals surface area contributed by atoms with Crippen LogP contribution in [0.4, 0.5) is 0 Å². The second-order valence-electron chi connectivity index (χ2n) is 3.93. The van der Waals surface area contributed by atoms with E-state index in [1.54, 1.807) is 16.7 Å². The zero-order chi connectivity index (χ0) is 12.1. The van der Waals surface area contributed by atoms with Crippen molar-refractivity contribution in [3.8, 4) is 0 Å². The molecule has 1 atom stereocenters. The Bertz CT molecular complexity index is 260. The van der Waals surface area contributed by atoms with Crippen LogP contribution in [0.15, 0.2) is 0 Å². The van der Waals surface area contributed by atoms with Gasteiger partial charge in [-0.2, -0.15) is 0 Å². The predicted octanol–water partition coefficient (Wildman–Crippen LogP) is -1.35. The lowest BCUT2D eigenvalue weighted by atomic mass is 10.2. The molecular weight excluding hydrogens is 210 g/mol. The van der Waals surface area contributed by atoms with Crippen LogP contribution >= 0.6 is 0 Å². The van der Waals surface area contributed by atoms with Crippen molar-refractivity contribution in [3.05, 3.63) is 0 Å². The standard InChI is InChI=1S/C10H19N3O3/c1-8(11)10(15)13-5-3-12(4-6-13)9(14)7-16-2/h8H,3-7,11H2,1-2H3/t8-/m1/s1. The second kappa shape index (κ2) is 5.81. The predicted molar refractivity (Wildman–Crippen MR) is 58.7 cm³/mol. The van der Waals surface area contributed by atoms with Crippen LogP contribution in [0.5, 0.6) is 0 Å². The third-order valence-corrected chi connectivity index (χ3v) is 2.60. The van der Waals surface area contributed by atoms with Gasteiger partial charge in [0.1, 0.15) is 6.61 Å². The van der Waals surface area contributed by atoms with E-state index in [0.717, 1.165) is 0 Å². The molecule has 0 spiro atoms. The van der Waals surface area contributed by atoms with Crippen molar-refractivity contribution >= 4 is 11.8 Å². The highest BCUT2D eigenvalue weighted by atomic mass is 16.5. The maximum absolute atomic E-state index is 11.6. The topological polar surface area (TPSA) is 75.9 Å². The first kappa shape index (κ1) is 12.9. The fourth-order valence-electron chi connectivity index (χ4n) is 1.68. The first-order valence-corrected chi connectivity index (χ1v) is 5.37. The number of hydrogen-bond acceptors (Lipinski definition) is 4. The van der Waals surface area contributed by atoms with E-state index >= 15 is 0 Å². The second-order valence-corrected chi connectivity index (χ2v) is 3.93. The van der Waals surface area contributed by atoms with Crippen LogP contribution < -0.4 is 5.73 Å². The van der Waals surface area contributed by atoms with Crippen LogP contribution in [-0.4, -0.2) is 67.6 Å². The van der Waals surface area contributed by atoms with Crippen molar-refractivity contribution in [2.75, 3.05) is 39.9 Å². The molecule has 92 valence electrons. The fourth-order valence-corrected chi connectivity index (χ4v) is 1.68. The molecule has 0 aromatic heterocycles. The summed E-state index contributed by atoms with van der Waals surface area (Å²) in [6.07, 6.45) is 0. The van der Waals surface area contributed by atoms with Crippen molar-refractivity contribution < 1.29 is 14.3 Å². The summed E-state index contributed by atoms with van der Waals surface area (Å²) in [6, 6.07) is -0.471. The first-order valence-electron chi connectivity index (χ1n) is 5.37. The van der Waals surface area contributed by atoms with Crippen LogP contribution in [0.1, 0.15) is 6.92 Å². The average Bonchev–Trinajstić information content (AvgIpc) is 2.28. The van der Waals surface area contributed by atoms with E-state index in [1.165, 1.54) is 7.11 Å². The molecule has 1 fully saturated rings. The van der Waals surface area contributed by atoms with Crippen molar-refractivity contribution in [3.63, 3.8) is 0 Å². The molecule has 0 aliphatic carbocycles. The van der Waals surface area contributed by atoms with Gasteiger partial charge < -0.3 is 20.3 Å². The van der Waals surface area contributed by atoms with Crippen LogP contribution in [0.25, 0.3) is 0 Å². The van der Waals surface area contributed by atoms with Gasteiger partial charge in [0, 0.05) is 33.3 Å². The van der Waals surface area contributed by atoms with E-state index in [2.05, 4.69) is 0 Å². The van der Waals surface area contributed by atoms with Gasteiger partial charge in [0.2, 0.25) is 11.8 Å². The lowest BCUT2D eigenvalue weighted by Gasteiger charge is -2.35. The first-order chi connectivity index (χ1) is 7.56. The molecular formula is C10H19N3O3. The molecule has 6 heteroatoms. The molecule has 1 saturated heterocycles. The van der Waals surface area contributed by atoms with Gasteiger partial charge in [-0.1, -0.05) is 0 Å². The van der Waals surface area contributed by atoms with E-state index in [-0.39, 0.29) is 18.4 Å². The molecule has 2 N–H and O–H groups in total. The van der Waals surface area contributed by atoms with Gasteiger partial charge in [-0.3, -0.25) is 9.59 Å². The number of ether oxygens (including phenoxy) is 1. The quantitative estimate of drug-likeness (QED) is 0.649. The van der Waals surface area contributed by atoms with Gasteiger partial charge in [-0.15, -0.1) is 0 Å². The van der Waals surface area contributed by atoms with Gasteiger partial charge in [0.05, 0.1) is 6.04 Å². The molecule has 2 amide bonds. The van der Waals surface area contributed by atoms with Crippen molar-refractivity contribution in [1.82, 2.24) is 9.80 Å². The largest absolute Gasteiger partial charge is 0.375 e. The van der Waals surface area contributed by atoms with Crippen LogP contribution in [-0.2, 0) is 14.3 Å². The molecule has 0 saturated carbocycles. The molecule has 0 radical (unpaired) electrons. The summed E-state index contributed by atoms with van der Waals surface area (Å²) in [7, 11) is 1.49. The Hall–Kier alpha value is -1.14. The number of carbonyl (C=O) groups is 2. The molecule has 1 rings (SSSR count). The number of carbonyl (C=O) groups excluding carboxylic acids is 2. The molecule has 16 heavy (non-hydrogen) atoms. The minimum absolute atomic E-state index is 0.0320. The van der Waals surface area contributed by atoms with Crippen LogP contribution in [0, 0.1) is 0 Å². The monoisotopic (exact) mass is 229 g/mol. The molecule has 0 unspecified atom stereocenters. The Balaban J connectivity index is 2.39. The third kappa shape index (κ3) is 3.18. The van der Waals surface area contributed by atoms with E-state index in [4.69, 9.17) is 10.5 Å². The van der Waals surface area contributed by atoms with Gasteiger partial charge >= 0.3 is 0 Å². The number of rotatable bonds is 3. The summed E-state index contributed by atoms with van der Waals surface area (Å²) in [4.78, 5) is 26.5. The molecule has 0 aromatic rings. The summed E-state index contributed by atoms with van der Waals surface area (Å²) >= 11 is 0. The van der Waals surface area contributed by atoms with Crippen molar-refractivity contribution in [1.29, 1.82) is 0 Å². The summed E-state index contributed by atoms with van der Waals surface area (Å²) in [5, 5.41) is 0. The lowest BCUT2D eigenvalue weighted by molar-refractivity contribution is -0.142. The number of methoxy groups -OCH3 is 1. The fraction of sp³-hybridized carbons (Fsp3) is 0.800. The Morgan fingerprint density at radius 2 is 1.75 bits per heavy atom. The third-order valence-electron chi connectivity index (χ3n) is 2.60. The Kier molecular flexibility index (Phi) is 4.70. The number of amides is 2. The molecule has 1 aliphatic rings. The Labute approximate surface area is 95.3 Å². The Morgan fingerprint density at radius 1 is 1.25 bits per heavy atom. The van der Waals surface area contributed by atoms with E-state index < -0.39 is 6.04 Å². The summed E-state index contributed by atoms with van der Waals surface area (Å²) in [6.45, 7) is 3.99. The SMILES string of the molecule is COCC(=O)N1CCN(C(=O)[C@@H](C)N)CC1. The highest BCUT2D eigenvalue weighted by Gasteiger charge is 2.25. The summed E-state index contributed by atoms with van der Waals surface area (Å²) in [5.41, 5.74) is 5.52. The van der Waals surface area contributed by atoms with E-state index in [1.807, 2.05) is 0 Å². The molecule has 6 nitrogen and oxygen atoms in total. The maximum Gasteiger partial charge on any atom is 0.248 e.